The molecule has 3 heterocycles. The maximum atomic E-state index is 12.0. The highest BCUT2D eigenvalue weighted by Crippen LogP contribution is 2.33. The van der Waals surface area contributed by atoms with Crippen molar-refractivity contribution in [2.45, 2.75) is 20.8 Å². The highest BCUT2D eigenvalue weighted by atomic mass is 32.1. The summed E-state index contributed by atoms with van der Waals surface area (Å²) in [5, 5.41) is 9.08. The van der Waals surface area contributed by atoms with E-state index in [0.29, 0.717) is 27.2 Å². The number of rotatable bonds is 1. The van der Waals surface area contributed by atoms with Crippen LogP contribution in [0.2, 0.25) is 0 Å². The summed E-state index contributed by atoms with van der Waals surface area (Å²) in [6.07, 6.45) is 1.78. The zero-order chi connectivity index (χ0) is 16.0. The van der Waals surface area contributed by atoms with Crippen LogP contribution in [0, 0.1) is 36.7 Å². The standard InChI is InChI=1S/C16H13N3O2S/c1-7-4-11-13(21-16(20)14(11)15(22)18-7)5-10-8(2)12(6-17)19-9(10)3/h4-5,19H,1-3H3,(H,18,22). The summed E-state index contributed by atoms with van der Waals surface area (Å²) in [6, 6.07) is 3.95. The summed E-state index contributed by atoms with van der Waals surface area (Å²) in [6.45, 7) is 5.60. The number of nitriles is 1. The molecule has 2 aromatic heterocycles. The summed E-state index contributed by atoms with van der Waals surface area (Å²) < 4.78 is 5.74. The van der Waals surface area contributed by atoms with Crippen molar-refractivity contribution in [2.24, 2.45) is 0 Å². The van der Waals surface area contributed by atoms with Gasteiger partial charge in [0.25, 0.3) is 0 Å². The Morgan fingerprint density at radius 3 is 2.68 bits per heavy atom. The molecule has 3 rings (SSSR count). The summed E-state index contributed by atoms with van der Waals surface area (Å²) in [7, 11) is 0. The fourth-order valence-corrected chi connectivity index (χ4v) is 2.98. The Bertz CT molecular complexity index is 942. The fraction of sp³-hybridized carbons (Fsp3) is 0.188. The van der Waals surface area contributed by atoms with Crippen LogP contribution < -0.4 is 0 Å². The number of cyclic esters (lactones) is 1. The van der Waals surface area contributed by atoms with Crippen molar-refractivity contribution in [3.63, 3.8) is 0 Å². The third kappa shape index (κ3) is 2.07. The van der Waals surface area contributed by atoms with Gasteiger partial charge in [-0.3, -0.25) is 0 Å². The molecule has 22 heavy (non-hydrogen) atoms. The largest absolute Gasteiger partial charge is 0.422 e. The third-order valence-corrected chi connectivity index (χ3v) is 4.03. The van der Waals surface area contributed by atoms with Crippen molar-refractivity contribution >= 4 is 30.0 Å². The first-order valence-corrected chi connectivity index (χ1v) is 7.10. The molecule has 0 spiro atoms. The second-order valence-corrected chi connectivity index (χ2v) is 5.65. The molecule has 0 saturated heterocycles. The van der Waals surface area contributed by atoms with Crippen molar-refractivity contribution in [2.75, 3.05) is 0 Å². The predicted molar refractivity (Wildman–Crippen MR) is 84.6 cm³/mol. The van der Waals surface area contributed by atoms with Gasteiger partial charge >= 0.3 is 5.97 Å². The second kappa shape index (κ2) is 4.97. The molecule has 110 valence electrons. The zero-order valence-electron chi connectivity index (χ0n) is 12.3. The first kappa shape index (κ1) is 14.3. The molecule has 1 aliphatic heterocycles. The van der Waals surface area contributed by atoms with E-state index in [1.165, 1.54) is 0 Å². The molecule has 0 bridgehead atoms. The number of fused-ring (bicyclic) bond motifs is 1. The second-order valence-electron chi connectivity index (χ2n) is 5.24. The van der Waals surface area contributed by atoms with Crippen LogP contribution in [-0.2, 0) is 4.74 Å². The van der Waals surface area contributed by atoms with Crippen LogP contribution in [0.1, 0.15) is 44.1 Å². The Labute approximate surface area is 132 Å². The van der Waals surface area contributed by atoms with Gasteiger partial charge in [-0.25, -0.2) is 4.79 Å². The number of nitrogens with one attached hydrogen (secondary N) is 2. The van der Waals surface area contributed by atoms with Crippen LogP contribution in [0.3, 0.4) is 0 Å². The van der Waals surface area contributed by atoms with E-state index >= 15 is 0 Å². The van der Waals surface area contributed by atoms with E-state index < -0.39 is 5.97 Å². The molecule has 2 aromatic rings. The van der Waals surface area contributed by atoms with Gasteiger partial charge in [0.15, 0.2) is 0 Å². The van der Waals surface area contributed by atoms with E-state index in [-0.39, 0.29) is 0 Å². The number of H-pyrrole nitrogens is 2. The highest BCUT2D eigenvalue weighted by Gasteiger charge is 2.29. The average Bonchev–Trinajstić information content (AvgIpc) is 2.90. The first-order chi connectivity index (χ1) is 10.4. The number of hydrogen-bond acceptors (Lipinski definition) is 4. The van der Waals surface area contributed by atoms with Crippen molar-refractivity contribution in [1.29, 1.82) is 5.26 Å². The Balaban J connectivity index is 2.22. The Hall–Kier alpha value is -2.65. The van der Waals surface area contributed by atoms with Gasteiger partial charge in [-0.1, -0.05) is 12.2 Å². The minimum atomic E-state index is -0.450. The highest BCUT2D eigenvalue weighted by molar-refractivity contribution is 7.71. The quantitative estimate of drug-likeness (QED) is 0.623. The zero-order valence-corrected chi connectivity index (χ0v) is 13.1. The van der Waals surface area contributed by atoms with E-state index in [9.17, 15) is 4.79 Å². The molecule has 0 aromatic carbocycles. The van der Waals surface area contributed by atoms with Crippen LogP contribution in [0.5, 0.6) is 0 Å². The Morgan fingerprint density at radius 2 is 2.05 bits per heavy atom. The van der Waals surface area contributed by atoms with Gasteiger partial charge in [-0.05, 0) is 38.5 Å². The molecular formula is C16H13N3O2S. The van der Waals surface area contributed by atoms with Crippen molar-refractivity contribution in [3.05, 3.63) is 50.0 Å². The molecule has 1 aliphatic rings. The molecule has 0 aliphatic carbocycles. The summed E-state index contributed by atoms with van der Waals surface area (Å²) >= 11 is 5.20. The fourth-order valence-electron chi connectivity index (χ4n) is 2.62. The lowest BCUT2D eigenvalue weighted by molar-refractivity contribution is 0.0716. The van der Waals surface area contributed by atoms with Gasteiger partial charge < -0.3 is 14.7 Å². The van der Waals surface area contributed by atoms with Crippen molar-refractivity contribution in [1.82, 2.24) is 9.97 Å². The number of pyridine rings is 1. The van der Waals surface area contributed by atoms with Crippen LogP contribution in [0.25, 0.3) is 11.8 Å². The SMILES string of the molecule is Cc1cc2c(c(=S)[nH]1)C(=O)OC2=Cc1c(C)[nH]c(C#N)c1C. The monoisotopic (exact) mass is 311 g/mol. The molecule has 0 unspecified atom stereocenters. The number of esters is 1. The number of nitrogens with zero attached hydrogens (tertiary/aromatic N) is 1. The Morgan fingerprint density at radius 1 is 1.32 bits per heavy atom. The van der Waals surface area contributed by atoms with Crippen LogP contribution >= 0.6 is 12.2 Å². The number of aromatic nitrogens is 2. The molecule has 0 fully saturated rings. The van der Waals surface area contributed by atoms with Crippen molar-refractivity contribution < 1.29 is 9.53 Å². The lowest BCUT2D eigenvalue weighted by atomic mass is 10.1. The molecule has 0 radical (unpaired) electrons. The lowest BCUT2D eigenvalue weighted by Gasteiger charge is -2.01. The number of hydrogen-bond donors (Lipinski definition) is 2. The minimum Gasteiger partial charge on any atom is -0.422 e. The molecule has 0 amide bonds. The summed E-state index contributed by atoms with van der Waals surface area (Å²) in [4.78, 5) is 18.0. The Kier molecular flexibility index (Phi) is 3.23. The predicted octanol–water partition coefficient (Wildman–Crippen LogP) is 3.54. The molecule has 5 nitrogen and oxygen atoms in total. The average molecular weight is 311 g/mol. The van der Waals surface area contributed by atoms with Crippen molar-refractivity contribution in [3.8, 4) is 6.07 Å². The maximum Gasteiger partial charge on any atom is 0.347 e. The van der Waals surface area contributed by atoms with Gasteiger partial charge in [-0.2, -0.15) is 5.26 Å². The van der Waals surface area contributed by atoms with Gasteiger partial charge in [0.05, 0.1) is 0 Å². The summed E-state index contributed by atoms with van der Waals surface area (Å²) in [5.41, 5.74) is 4.97. The number of carbonyl (C=O) groups is 1. The number of ether oxygens (including phenoxy) is 1. The van der Waals surface area contributed by atoms with E-state index in [2.05, 4.69) is 16.0 Å². The molecule has 0 saturated carbocycles. The lowest BCUT2D eigenvalue weighted by Crippen LogP contribution is -1.97. The van der Waals surface area contributed by atoms with Crippen LogP contribution in [0.15, 0.2) is 6.07 Å². The number of aryl methyl sites for hydroxylation is 2. The smallest absolute Gasteiger partial charge is 0.347 e. The summed E-state index contributed by atoms with van der Waals surface area (Å²) in [5.74, 6) is 0.00624. The molecular weight excluding hydrogens is 298 g/mol. The van der Waals surface area contributed by atoms with Crippen LogP contribution in [-0.4, -0.2) is 15.9 Å². The van der Waals surface area contributed by atoms with Gasteiger partial charge in [0, 0.05) is 22.5 Å². The van der Waals surface area contributed by atoms with Crippen LogP contribution in [0.4, 0.5) is 0 Å². The molecule has 6 heteroatoms. The first-order valence-electron chi connectivity index (χ1n) is 6.69. The van der Waals surface area contributed by atoms with E-state index in [4.69, 9.17) is 22.2 Å². The normalized spacial score (nSPS) is 14.8. The third-order valence-electron chi connectivity index (χ3n) is 3.72. The topological polar surface area (TPSA) is 81.7 Å². The number of aromatic amines is 2. The van der Waals surface area contributed by atoms with Gasteiger partial charge in [0.1, 0.15) is 27.7 Å². The van der Waals surface area contributed by atoms with Gasteiger partial charge in [0.2, 0.25) is 0 Å². The minimum absolute atomic E-state index is 0.378. The maximum absolute atomic E-state index is 12.0. The number of carbonyl (C=O) groups excluding carboxylic acids is 1. The van der Waals surface area contributed by atoms with E-state index in [1.807, 2.05) is 26.8 Å². The van der Waals surface area contributed by atoms with E-state index in [0.717, 1.165) is 22.5 Å². The van der Waals surface area contributed by atoms with Gasteiger partial charge in [-0.15, -0.1) is 0 Å². The molecule has 2 N–H and O–H groups in total. The molecule has 0 atom stereocenters. The van der Waals surface area contributed by atoms with E-state index in [1.54, 1.807) is 6.08 Å².